The van der Waals surface area contributed by atoms with Crippen LogP contribution in [0, 0.1) is 5.92 Å². The minimum Gasteiger partial charge on any atom is -0.462 e. The first-order valence-electron chi connectivity index (χ1n) is 34.4. The van der Waals surface area contributed by atoms with E-state index in [0.29, 0.717) is 19.3 Å². The molecule has 0 radical (unpaired) electrons. The van der Waals surface area contributed by atoms with Crippen LogP contribution in [0.4, 0.5) is 0 Å². The lowest BCUT2D eigenvalue weighted by molar-refractivity contribution is -0.167. The molecule has 1 unspecified atom stereocenters. The molecule has 0 saturated carbocycles. The van der Waals surface area contributed by atoms with Gasteiger partial charge in [-0.15, -0.1) is 0 Å². The van der Waals surface area contributed by atoms with E-state index in [9.17, 15) is 14.4 Å². The maximum Gasteiger partial charge on any atom is 0.306 e. The standard InChI is InChI=1S/C69H134O6/c1-5-8-10-12-14-16-18-20-22-24-29-33-37-41-45-49-53-57-61-68(71)74-64-66(63-73-67(70)60-56-52-48-44-40-36-32-27-23-21-19-17-15-13-11-9-6-2)75-69(72)62-58-54-50-46-42-38-34-30-26-25-28-31-35-39-43-47-51-55-59-65(4)7-3/h65-66H,5-64H2,1-4H3/t65?,66-/m1/s1. The Morgan fingerprint density at radius 1 is 0.267 bits per heavy atom. The highest BCUT2D eigenvalue weighted by atomic mass is 16.6. The Morgan fingerprint density at radius 3 is 0.693 bits per heavy atom. The minimum absolute atomic E-state index is 0.0607. The van der Waals surface area contributed by atoms with Gasteiger partial charge in [-0.2, -0.15) is 0 Å². The van der Waals surface area contributed by atoms with E-state index in [1.54, 1.807) is 0 Å². The summed E-state index contributed by atoms with van der Waals surface area (Å²) in [5.74, 6) is 0.0875. The Bertz CT molecular complexity index is 1140. The topological polar surface area (TPSA) is 78.9 Å². The Kier molecular flexibility index (Phi) is 61.9. The lowest BCUT2D eigenvalue weighted by Crippen LogP contribution is -2.30. The van der Waals surface area contributed by atoms with E-state index in [-0.39, 0.29) is 31.1 Å². The van der Waals surface area contributed by atoms with E-state index in [4.69, 9.17) is 14.2 Å². The van der Waals surface area contributed by atoms with E-state index in [2.05, 4.69) is 27.7 Å². The van der Waals surface area contributed by atoms with Crippen molar-refractivity contribution in [2.24, 2.45) is 5.92 Å². The van der Waals surface area contributed by atoms with Crippen molar-refractivity contribution in [2.45, 2.75) is 406 Å². The zero-order valence-electron chi connectivity index (χ0n) is 51.5. The molecular weight excluding hydrogens is 925 g/mol. The van der Waals surface area contributed by atoms with Crippen LogP contribution in [0.3, 0.4) is 0 Å². The summed E-state index contributed by atoms with van der Waals surface area (Å²) in [6, 6.07) is 0. The lowest BCUT2D eigenvalue weighted by Gasteiger charge is -2.18. The zero-order valence-corrected chi connectivity index (χ0v) is 51.5. The van der Waals surface area contributed by atoms with Gasteiger partial charge in [-0.25, -0.2) is 0 Å². The maximum atomic E-state index is 12.9. The highest BCUT2D eigenvalue weighted by molar-refractivity contribution is 5.71. The second kappa shape index (κ2) is 63.2. The number of ether oxygens (including phenoxy) is 3. The van der Waals surface area contributed by atoms with Crippen LogP contribution in [0.5, 0.6) is 0 Å². The average molecular weight is 1060 g/mol. The van der Waals surface area contributed by atoms with Crippen molar-refractivity contribution in [2.75, 3.05) is 13.2 Å². The fourth-order valence-corrected chi connectivity index (χ4v) is 10.8. The number of esters is 3. The van der Waals surface area contributed by atoms with E-state index in [1.807, 2.05) is 0 Å². The molecule has 0 aliphatic heterocycles. The molecule has 75 heavy (non-hydrogen) atoms. The molecule has 0 aromatic heterocycles. The Hall–Kier alpha value is -1.59. The van der Waals surface area contributed by atoms with Gasteiger partial charge in [0.05, 0.1) is 0 Å². The van der Waals surface area contributed by atoms with Crippen LogP contribution >= 0.6 is 0 Å². The van der Waals surface area contributed by atoms with Gasteiger partial charge in [0.25, 0.3) is 0 Å². The van der Waals surface area contributed by atoms with Gasteiger partial charge in [0.2, 0.25) is 0 Å². The third-order valence-corrected chi connectivity index (χ3v) is 16.4. The van der Waals surface area contributed by atoms with Gasteiger partial charge >= 0.3 is 17.9 Å². The third-order valence-electron chi connectivity index (χ3n) is 16.4. The molecule has 446 valence electrons. The summed E-state index contributed by atoms with van der Waals surface area (Å²) in [6.07, 6.45) is 72.5. The molecule has 0 heterocycles. The normalized spacial score (nSPS) is 12.3. The van der Waals surface area contributed by atoms with Gasteiger partial charge in [0.15, 0.2) is 6.10 Å². The molecule has 6 nitrogen and oxygen atoms in total. The summed E-state index contributed by atoms with van der Waals surface area (Å²) in [5, 5.41) is 0. The summed E-state index contributed by atoms with van der Waals surface area (Å²) >= 11 is 0. The molecule has 0 bridgehead atoms. The molecule has 0 aromatic carbocycles. The fourth-order valence-electron chi connectivity index (χ4n) is 10.8. The van der Waals surface area contributed by atoms with Gasteiger partial charge in [0.1, 0.15) is 13.2 Å². The van der Waals surface area contributed by atoms with Crippen molar-refractivity contribution >= 4 is 17.9 Å². The largest absolute Gasteiger partial charge is 0.462 e. The van der Waals surface area contributed by atoms with E-state index in [0.717, 1.165) is 63.7 Å². The molecule has 0 amide bonds. The van der Waals surface area contributed by atoms with Crippen LogP contribution in [-0.4, -0.2) is 37.2 Å². The van der Waals surface area contributed by atoms with Gasteiger partial charge in [-0.05, 0) is 25.2 Å². The number of carbonyl (C=O) groups is 3. The molecule has 0 aliphatic rings. The van der Waals surface area contributed by atoms with Crippen molar-refractivity contribution in [3.8, 4) is 0 Å². The van der Waals surface area contributed by atoms with Gasteiger partial charge in [-0.3, -0.25) is 14.4 Å². The summed E-state index contributed by atoms with van der Waals surface area (Å²) in [7, 11) is 0. The number of rotatable bonds is 64. The van der Waals surface area contributed by atoms with Crippen LogP contribution in [0.1, 0.15) is 400 Å². The van der Waals surface area contributed by atoms with Gasteiger partial charge < -0.3 is 14.2 Å². The van der Waals surface area contributed by atoms with Crippen molar-refractivity contribution in [3.63, 3.8) is 0 Å². The lowest BCUT2D eigenvalue weighted by atomic mass is 9.99. The maximum absolute atomic E-state index is 12.9. The molecule has 0 saturated heterocycles. The van der Waals surface area contributed by atoms with Gasteiger partial charge in [-0.1, -0.05) is 362 Å². The Morgan fingerprint density at radius 2 is 0.467 bits per heavy atom. The molecule has 6 heteroatoms. The highest BCUT2D eigenvalue weighted by Crippen LogP contribution is 2.20. The van der Waals surface area contributed by atoms with Crippen molar-refractivity contribution in [1.29, 1.82) is 0 Å². The number of hydrogen-bond donors (Lipinski definition) is 0. The van der Waals surface area contributed by atoms with Crippen LogP contribution in [0.2, 0.25) is 0 Å². The predicted octanol–water partition coefficient (Wildman–Crippen LogP) is 23.3. The minimum atomic E-state index is -0.764. The summed E-state index contributed by atoms with van der Waals surface area (Å²) in [6.45, 7) is 9.15. The number of carbonyl (C=O) groups excluding carboxylic acids is 3. The molecule has 0 fully saturated rings. The summed E-state index contributed by atoms with van der Waals surface area (Å²) in [5.41, 5.74) is 0. The second-order valence-electron chi connectivity index (χ2n) is 24.1. The van der Waals surface area contributed by atoms with Crippen LogP contribution < -0.4 is 0 Å². The number of unbranched alkanes of at least 4 members (excludes halogenated alkanes) is 50. The quantitative estimate of drug-likeness (QED) is 0.0343. The smallest absolute Gasteiger partial charge is 0.306 e. The molecule has 0 N–H and O–H groups in total. The Balaban J connectivity index is 4.27. The first kappa shape index (κ1) is 73.4. The van der Waals surface area contributed by atoms with Crippen LogP contribution in [-0.2, 0) is 28.6 Å². The predicted molar refractivity (Wildman–Crippen MR) is 326 cm³/mol. The SMILES string of the molecule is CCCCCCCCCCCCCCCCCCCCC(=O)OC[C@@H](COC(=O)CCCCCCCCCCCCCCCCCCC)OC(=O)CCCCCCCCCCCCCCCCCCCCC(C)CC. The van der Waals surface area contributed by atoms with Crippen LogP contribution in [0.25, 0.3) is 0 Å². The van der Waals surface area contributed by atoms with E-state index >= 15 is 0 Å². The van der Waals surface area contributed by atoms with E-state index < -0.39 is 6.10 Å². The molecular formula is C69H134O6. The molecule has 0 aromatic rings. The first-order chi connectivity index (χ1) is 36.9. The molecule has 0 spiro atoms. The van der Waals surface area contributed by atoms with Crippen molar-refractivity contribution in [3.05, 3.63) is 0 Å². The fraction of sp³-hybridized carbons (Fsp3) is 0.957. The second-order valence-corrected chi connectivity index (χ2v) is 24.1. The summed E-state index contributed by atoms with van der Waals surface area (Å²) in [4.78, 5) is 38.4. The van der Waals surface area contributed by atoms with E-state index in [1.165, 1.54) is 295 Å². The average Bonchev–Trinajstić information content (AvgIpc) is 3.41. The summed E-state index contributed by atoms with van der Waals surface area (Å²) < 4.78 is 17.0. The van der Waals surface area contributed by atoms with Gasteiger partial charge in [0, 0.05) is 19.3 Å². The monoisotopic (exact) mass is 1060 g/mol. The first-order valence-corrected chi connectivity index (χ1v) is 34.4. The zero-order chi connectivity index (χ0) is 54.4. The molecule has 2 atom stereocenters. The highest BCUT2D eigenvalue weighted by Gasteiger charge is 2.19. The molecule has 0 aliphatic carbocycles. The Labute approximate surface area is 469 Å². The third kappa shape index (κ3) is 61.5. The number of hydrogen-bond acceptors (Lipinski definition) is 6. The van der Waals surface area contributed by atoms with Crippen molar-refractivity contribution in [1.82, 2.24) is 0 Å². The van der Waals surface area contributed by atoms with Crippen molar-refractivity contribution < 1.29 is 28.6 Å². The van der Waals surface area contributed by atoms with Crippen LogP contribution in [0.15, 0.2) is 0 Å². The molecule has 0 rings (SSSR count).